The molecule has 0 atom stereocenters. The van der Waals surface area contributed by atoms with Gasteiger partial charge in [-0.1, -0.05) is 200 Å². The molecule has 0 saturated carbocycles. The van der Waals surface area contributed by atoms with Crippen LogP contribution in [-0.2, 0) is 38.1 Å². The molecule has 0 aromatic carbocycles. The van der Waals surface area contributed by atoms with E-state index in [1.165, 1.54) is 154 Å². The Hall–Kier alpha value is -0.976. The molecule has 0 unspecified atom stereocenters. The third-order valence-electron chi connectivity index (χ3n) is 9.32. The number of aliphatic carboxylic acids is 1. The molecule has 0 aliphatic rings. The molecule has 294 valence electrons. The van der Waals surface area contributed by atoms with Gasteiger partial charge in [0.05, 0.1) is 0 Å². The van der Waals surface area contributed by atoms with Crippen LogP contribution in [0.3, 0.4) is 0 Å². The summed E-state index contributed by atoms with van der Waals surface area (Å²) in [4.78, 5) is 37.3. The van der Waals surface area contributed by atoms with Crippen LogP contribution >= 0.6 is 0 Å². The Balaban J connectivity index is -0.00000341. The SMILES string of the molecule is C=C(C(=O)O)C(C(=O)CCCCCCCCCCCCCCCCC)C(=O)CCCCCCCCCCCCCCCCC.CC(C)O.[O]=[Ti]. The minimum absolute atomic E-state index is 0.167. The van der Waals surface area contributed by atoms with Crippen LogP contribution in [0.1, 0.15) is 233 Å². The number of carbonyl (C=O) groups excluding carboxylic acids is 2. The number of rotatable bonds is 36. The van der Waals surface area contributed by atoms with Gasteiger partial charge in [-0.05, 0) is 26.7 Å². The number of hydrogen-bond donors (Lipinski definition) is 2. The van der Waals surface area contributed by atoms with E-state index in [-0.39, 0.29) is 36.1 Å². The molecule has 0 fully saturated rings. The standard InChI is InChI=1S/C40H74O4.C3H8O.O.Ti/c1-4-6-8-10-12-14-16-18-20-22-24-26-28-30-32-34-37(41)39(36(3)40(43)44)38(42)35-33-31-29-27-25-23-21-19-17-15-13-11-9-7-5-2;1-3(2)4;;/h39H,3-35H2,1-2H3,(H,43,44);3-4H,1-2H3;;. The molecular formula is C43H82O6Ti. The summed E-state index contributed by atoms with van der Waals surface area (Å²) in [5, 5.41) is 17.5. The van der Waals surface area contributed by atoms with E-state index in [4.69, 9.17) is 8.43 Å². The Morgan fingerprint density at radius 2 is 0.640 bits per heavy atom. The van der Waals surface area contributed by atoms with Gasteiger partial charge in [-0.2, -0.15) is 0 Å². The maximum atomic E-state index is 12.9. The number of carboxylic acid groups (broad SMARTS) is 1. The summed E-state index contributed by atoms with van der Waals surface area (Å²) in [6, 6.07) is 0. The zero-order valence-electron chi connectivity index (χ0n) is 33.5. The Labute approximate surface area is 321 Å². The Bertz CT molecular complexity index is 720. The van der Waals surface area contributed by atoms with Gasteiger partial charge in [-0.3, -0.25) is 9.59 Å². The summed E-state index contributed by atoms with van der Waals surface area (Å²) < 4.78 is 8.25. The molecular weight excluding hydrogens is 660 g/mol. The van der Waals surface area contributed by atoms with Gasteiger partial charge in [0, 0.05) is 24.5 Å². The monoisotopic (exact) mass is 743 g/mol. The average Bonchev–Trinajstić information content (AvgIpc) is 3.08. The van der Waals surface area contributed by atoms with Crippen molar-refractivity contribution < 1.29 is 48.3 Å². The molecule has 0 heterocycles. The van der Waals surface area contributed by atoms with Crippen LogP contribution in [0.2, 0.25) is 0 Å². The van der Waals surface area contributed by atoms with Crippen molar-refractivity contribution in [2.24, 2.45) is 5.92 Å². The summed E-state index contributed by atoms with van der Waals surface area (Å²) in [5.41, 5.74) is -0.248. The van der Waals surface area contributed by atoms with E-state index >= 15 is 0 Å². The van der Waals surface area contributed by atoms with E-state index in [9.17, 15) is 19.5 Å². The van der Waals surface area contributed by atoms with Crippen LogP contribution in [0.4, 0.5) is 0 Å². The molecule has 2 N–H and O–H groups in total. The van der Waals surface area contributed by atoms with Gasteiger partial charge in [0.15, 0.2) is 0 Å². The normalized spacial score (nSPS) is 10.8. The predicted molar refractivity (Wildman–Crippen MR) is 207 cm³/mol. The molecule has 7 heteroatoms. The quantitative estimate of drug-likeness (QED) is 0.0286. The average molecular weight is 743 g/mol. The van der Waals surface area contributed by atoms with Crippen molar-refractivity contribution in [2.75, 3.05) is 0 Å². The van der Waals surface area contributed by atoms with Crippen LogP contribution in [0.15, 0.2) is 12.2 Å². The second-order valence-electron chi connectivity index (χ2n) is 14.7. The van der Waals surface area contributed by atoms with E-state index in [1.807, 2.05) is 0 Å². The van der Waals surface area contributed by atoms with E-state index in [2.05, 4.69) is 20.4 Å². The number of unbranched alkanes of at least 4 members (excludes halogenated alkanes) is 28. The summed E-state index contributed by atoms with van der Waals surface area (Å²) in [6.45, 7) is 11.6. The van der Waals surface area contributed by atoms with Crippen LogP contribution in [0.25, 0.3) is 0 Å². The van der Waals surface area contributed by atoms with Crippen molar-refractivity contribution in [2.45, 2.75) is 239 Å². The number of ketones is 2. The molecule has 0 aliphatic carbocycles. The van der Waals surface area contributed by atoms with Gasteiger partial charge < -0.3 is 10.2 Å². The zero-order chi connectivity index (χ0) is 38.1. The van der Waals surface area contributed by atoms with E-state index in [1.54, 1.807) is 13.8 Å². The first-order valence-corrected chi connectivity index (χ1v) is 21.7. The van der Waals surface area contributed by atoms with Crippen molar-refractivity contribution in [3.63, 3.8) is 0 Å². The molecule has 0 saturated heterocycles. The van der Waals surface area contributed by atoms with Gasteiger partial charge in [-0.15, -0.1) is 0 Å². The van der Waals surface area contributed by atoms with Gasteiger partial charge >= 0.3 is 29.7 Å². The number of aliphatic hydroxyl groups excluding tert-OH is 1. The Kier molecular flexibility index (Phi) is 47.2. The topological polar surface area (TPSA) is 109 Å². The number of hydrogen-bond acceptors (Lipinski definition) is 5. The Morgan fingerprint density at radius 1 is 0.460 bits per heavy atom. The molecule has 0 aromatic heterocycles. The van der Waals surface area contributed by atoms with Gasteiger partial charge in [-0.25, -0.2) is 4.79 Å². The van der Waals surface area contributed by atoms with Crippen LogP contribution in [-0.4, -0.2) is 33.9 Å². The zero-order valence-corrected chi connectivity index (χ0v) is 35.1. The third-order valence-corrected chi connectivity index (χ3v) is 9.32. The summed E-state index contributed by atoms with van der Waals surface area (Å²) in [5.74, 6) is -2.90. The number of aliphatic hydroxyl groups is 1. The summed E-state index contributed by atoms with van der Waals surface area (Å²) >= 11 is 0.750. The molecule has 0 amide bonds. The van der Waals surface area contributed by atoms with E-state index < -0.39 is 11.9 Å². The second kappa shape index (κ2) is 44.2. The molecule has 6 nitrogen and oxygen atoms in total. The van der Waals surface area contributed by atoms with Crippen LogP contribution < -0.4 is 0 Å². The molecule has 0 bridgehead atoms. The fourth-order valence-electron chi connectivity index (χ4n) is 6.32. The molecule has 0 aromatic rings. The van der Waals surface area contributed by atoms with Crippen molar-refractivity contribution >= 4 is 17.5 Å². The predicted octanol–water partition coefficient (Wildman–Crippen LogP) is 13.2. The molecule has 0 aliphatic heterocycles. The Morgan fingerprint density at radius 3 is 0.820 bits per heavy atom. The van der Waals surface area contributed by atoms with Crippen molar-refractivity contribution in [1.29, 1.82) is 0 Å². The summed E-state index contributed by atoms with van der Waals surface area (Å²) in [7, 11) is 0. The number of carbonyl (C=O) groups is 3. The number of Topliss-reactive ketones (excluding diaryl/α,β-unsaturated/α-hetero) is 2. The van der Waals surface area contributed by atoms with Crippen LogP contribution in [0.5, 0.6) is 0 Å². The molecule has 50 heavy (non-hydrogen) atoms. The van der Waals surface area contributed by atoms with Crippen molar-refractivity contribution in [1.82, 2.24) is 0 Å². The van der Waals surface area contributed by atoms with Crippen LogP contribution in [0, 0.1) is 5.92 Å². The van der Waals surface area contributed by atoms with Gasteiger partial charge in [0.25, 0.3) is 0 Å². The first-order valence-electron chi connectivity index (χ1n) is 21.0. The van der Waals surface area contributed by atoms with E-state index in [0.29, 0.717) is 0 Å². The molecule has 0 radical (unpaired) electrons. The molecule has 0 spiro atoms. The first-order chi connectivity index (χ1) is 24.2. The van der Waals surface area contributed by atoms with E-state index in [0.717, 1.165) is 58.9 Å². The minimum atomic E-state index is -1.23. The fraction of sp³-hybridized carbons (Fsp3) is 0.884. The van der Waals surface area contributed by atoms with Crippen molar-refractivity contribution in [3.8, 4) is 0 Å². The number of carboxylic acids is 1. The fourth-order valence-corrected chi connectivity index (χ4v) is 6.32. The first kappa shape index (κ1) is 53.4. The maximum absolute atomic E-state index is 12.9. The molecule has 0 rings (SSSR count). The van der Waals surface area contributed by atoms with Gasteiger partial charge in [0.1, 0.15) is 17.5 Å². The second-order valence-corrected chi connectivity index (χ2v) is 14.7. The van der Waals surface area contributed by atoms with Gasteiger partial charge in [0.2, 0.25) is 0 Å². The third kappa shape index (κ3) is 41.4. The van der Waals surface area contributed by atoms with Crippen molar-refractivity contribution in [3.05, 3.63) is 12.2 Å². The summed E-state index contributed by atoms with van der Waals surface area (Å²) in [6.07, 6.45) is 38.1.